The number of hydrogen-bond donors (Lipinski definition) is 2. The van der Waals surface area contributed by atoms with Gasteiger partial charge in [-0.3, -0.25) is 4.79 Å². The van der Waals surface area contributed by atoms with Crippen LogP contribution in [0.2, 0.25) is 0 Å². The van der Waals surface area contributed by atoms with E-state index in [1.54, 1.807) is 0 Å². The maximum absolute atomic E-state index is 12.0. The summed E-state index contributed by atoms with van der Waals surface area (Å²) in [6.45, 7) is 4.55. The van der Waals surface area contributed by atoms with Gasteiger partial charge >= 0.3 is 0 Å². The lowest BCUT2D eigenvalue weighted by Crippen LogP contribution is -2.51. The number of nitrogens with one attached hydrogen (secondary N) is 2. The smallest absolute Gasteiger partial charge is 0.270 e. The second-order valence-electron chi connectivity index (χ2n) is 3.84. The van der Waals surface area contributed by atoms with Crippen molar-refractivity contribution >= 4 is 28.5 Å². The van der Waals surface area contributed by atoms with Crippen molar-refractivity contribution in [2.75, 3.05) is 19.6 Å². The van der Waals surface area contributed by atoms with E-state index in [0.717, 1.165) is 23.2 Å². The monoisotopic (exact) mass is 319 g/mol. The van der Waals surface area contributed by atoms with Gasteiger partial charge in [0.25, 0.3) is 5.91 Å². The standard InChI is InChI=1S/C10H14IN3O/c1-7-6-14(3-2-12-7)10(15)9-4-8(11)5-13-9/h4-5,7,12-13H,2-3,6H2,1H3. The van der Waals surface area contributed by atoms with E-state index < -0.39 is 0 Å². The lowest BCUT2D eigenvalue weighted by Gasteiger charge is -2.31. The number of carbonyl (C=O) groups excluding carboxylic acids is 1. The summed E-state index contributed by atoms with van der Waals surface area (Å²) >= 11 is 2.19. The molecule has 1 aromatic heterocycles. The Kier molecular flexibility index (Phi) is 3.30. The number of aromatic nitrogens is 1. The van der Waals surface area contributed by atoms with Crippen LogP contribution in [-0.4, -0.2) is 41.5 Å². The van der Waals surface area contributed by atoms with Crippen LogP contribution in [0.1, 0.15) is 17.4 Å². The summed E-state index contributed by atoms with van der Waals surface area (Å²) in [5.41, 5.74) is 0.688. The Morgan fingerprint density at radius 2 is 2.47 bits per heavy atom. The molecule has 0 aromatic carbocycles. The minimum absolute atomic E-state index is 0.103. The van der Waals surface area contributed by atoms with Crippen LogP contribution in [0.3, 0.4) is 0 Å². The Hall–Kier alpha value is -0.560. The van der Waals surface area contributed by atoms with E-state index in [9.17, 15) is 4.79 Å². The fourth-order valence-electron chi connectivity index (χ4n) is 1.78. The summed E-state index contributed by atoms with van der Waals surface area (Å²) in [4.78, 5) is 16.9. The number of halogens is 1. The molecule has 1 fully saturated rings. The van der Waals surface area contributed by atoms with Gasteiger partial charge in [0.05, 0.1) is 0 Å². The molecule has 1 unspecified atom stereocenters. The molecule has 1 atom stereocenters. The maximum atomic E-state index is 12.0. The SMILES string of the molecule is CC1CN(C(=O)c2cc(I)c[nH]2)CCN1. The quantitative estimate of drug-likeness (QED) is 0.761. The zero-order valence-corrected chi connectivity index (χ0v) is 10.7. The number of piperazine rings is 1. The van der Waals surface area contributed by atoms with Crippen molar-refractivity contribution in [2.45, 2.75) is 13.0 Å². The van der Waals surface area contributed by atoms with Gasteiger partial charge in [0, 0.05) is 35.4 Å². The molecular formula is C10H14IN3O. The van der Waals surface area contributed by atoms with Gasteiger partial charge in [0.2, 0.25) is 0 Å². The van der Waals surface area contributed by atoms with Crippen LogP contribution in [-0.2, 0) is 0 Å². The second-order valence-corrected chi connectivity index (χ2v) is 5.08. The number of nitrogens with zero attached hydrogens (tertiary/aromatic N) is 1. The first-order valence-corrected chi connectivity index (χ1v) is 6.11. The van der Waals surface area contributed by atoms with Crippen molar-refractivity contribution < 1.29 is 4.79 Å². The Morgan fingerprint density at radius 3 is 3.07 bits per heavy atom. The van der Waals surface area contributed by atoms with E-state index in [-0.39, 0.29) is 5.91 Å². The number of rotatable bonds is 1. The van der Waals surface area contributed by atoms with E-state index in [0.29, 0.717) is 11.7 Å². The number of hydrogen-bond acceptors (Lipinski definition) is 2. The van der Waals surface area contributed by atoms with E-state index in [1.165, 1.54) is 0 Å². The minimum Gasteiger partial charge on any atom is -0.356 e. The molecule has 5 heteroatoms. The van der Waals surface area contributed by atoms with Crippen LogP contribution in [0.15, 0.2) is 12.3 Å². The number of H-pyrrole nitrogens is 1. The molecule has 0 aliphatic carbocycles. The summed E-state index contributed by atoms with van der Waals surface area (Å²) in [5, 5.41) is 3.32. The molecule has 0 spiro atoms. The second kappa shape index (κ2) is 4.52. The van der Waals surface area contributed by atoms with Crippen molar-refractivity contribution in [1.82, 2.24) is 15.2 Å². The van der Waals surface area contributed by atoms with Crippen LogP contribution in [0.25, 0.3) is 0 Å². The number of aromatic amines is 1. The molecule has 0 bridgehead atoms. The molecule has 1 aliphatic rings. The average molecular weight is 319 g/mol. The highest BCUT2D eigenvalue weighted by Gasteiger charge is 2.22. The molecule has 1 saturated heterocycles. The first-order chi connectivity index (χ1) is 7.16. The highest BCUT2D eigenvalue weighted by Crippen LogP contribution is 2.10. The van der Waals surface area contributed by atoms with E-state index in [1.807, 2.05) is 17.2 Å². The van der Waals surface area contributed by atoms with Gasteiger partial charge in [-0.15, -0.1) is 0 Å². The van der Waals surface area contributed by atoms with Crippen LogP contribution in [0, 0.1) is 3.57 Å². The van der Waals surface area contributed by atoms with E-state index in [2.05, 4.69) is 39.8 Å². The maximum Gasteiger partial charge on any atom is 0.270 e. The predicted octanol–water partition coefficient (Wildman–Crippen LogP) is 1.05. The van der Waals surface area contributed by atoms with Crippen molar-refractivity contribution in [2.24, 2.45) is 0 Å². The molecule has 2 rings (SSSR count). The molecule has 0 saturated carbocycles. The zero-order chi connectivity index (χ0) is 10.8. The van der Waals surface area contributed by atoms with Gasteiger partial charge in [0.1, 0.15) is 5.69 Å². The normalized spacial score (nSPS) is 21.7. The summed E-state index contributed by atoms with van der Waals surface area (Å²) in [7, 11) is 0. The number of carbonyl (C=O) groups is 1. The van der Waals surface area contributed by atoms with Crippen LogP contribution in [0.4, 0.5) is 0 Å². The fourth-order valence-corrected chi connectivity index (χ4v) is 2.25. The van der Waals surface area contributed by atoms with Gasteiger partial charge in [-0.1, -0.05) is 0 Å². The molecule has 2 heterocycles. The highest BCUT2D eigenvalue weighted by molar-refractivity contribution is 14.1. The lowest BCUT2D eigenvalue weighted by atomic mass is 10.2. The summed E-state index contributed by atoms with van der Waals surface area (Å²) in [5.74, 6) is 0.103. The van der Waals surface area contributed by atoms with E-state index in [4.69, 9.17) is 0 Å². The first kappa shape index (κ1) is 10.9. The number of amides is 1. The van der Waals surface area contributed by atoms with Crippen molar-refractivity contribution in [1.29, 1.82) is 0 Å². The average Bonchev–Trinajstić information content (AvgIpc) is 2.64. The molecule has 1 aliphatic heterocycles. The van der Waals surface area contributed by atoms with E-state index >= 15 is 0 Å². The van der Waals surface area contributed by atoms with Crippen molar-refractivity contribution in [3.05, 3.63) is 21.5 Å². The Bertz CT molecular complexity index is 363. The molecule has 1 amide bonds. The minimum atomic E-state index is 0.103. The molecule has 1 aromatic rings. The fraction of sp³-hybridized carbons (Fsp3) is 0.500. The Labute approximate surface area is 103 Å². The van der Waals surface area contributed by atoms with Gasteiger partial charge in [0.15, 0.2) is 0 Å². The Balaban J connectivity index is 2.07. The third-order valence-electron chi connectivity index (χ3n) is 2.53. The van der Waals surface area contributed by atoms with Crippen LogP contribution < -0.4 is 5.32 Å². The summed E-state index contributed by atoms with van der Waals surface area (Å²) in [6.07, 6.45) is 1.85. The summed E-state index contributed by atoms with van der Waals surface area (Å²) < 4.78 is 1.07. The molecule has 82 valence electrons. The molecule has 2 N–H and O–H groups in total. The molecule has 15 heavy (non-hydrogen) atoms. The van der Waals surface area contributed by atoms with Gasteiger partial charge in [-0.25, -0.2) is 0 Å². The Morgan fingerprint density at radius 1 is 1.67 bits per heavy atom. The molecule has 0 radical (unpaired) electrons. The van der Waals surface area contributed by atoms with Crippen LogP contribution >= 0.6 is 22.6 Å². The van der Waals surface area contributed by atoms with Gasteiger partial charge < -0.3 is 15.2 Å². The largest absolute Gasteiger partial charge is 0.356 e. The first-order valence-electron chi connectivity index (χ1n) is 5.03. The van der Waals surface area contributed by atoms with Gasteiger partial charge in [-0.05, 0) is 35.6 Å². The predicted molar refractivity (Wildman–Crippen MR) is 66.9 cm³/mol. The molecular weight excluding hydrogens is 305 g/mol. The van der Waals surface area contributed by atoms with Gasteiger partial charge in [-0.2, -0.15) is 0 Å². The lowest BCUT2D eigenvalue weighted by molar-refractivity contribution is 0.0704. The third kappa shape index (κ3) is 2.52. The van der Waals surface area contributed by atoms with Crippen molar-refractivity contribution in [3.63, 3.8) is 0 Å². The highest BCUT2D eigenvalue weighted by atomic mass is 127. The molecule has 4 nitrogen and oxygen atoms in total. The summed E-state index contributed by atoms with van der Waals surface area (Å²) in [6, 6.07) is 2.27. The zero-order valence-electron chi connectivity index (χ0n) is 8.59. The third-order valence-corrected chi connectivity index (χ3v) is 3.16. The van der Waals surface area contributed by atoms with Crippen LogP contribution in [0.5, 0.6) is 0 Å². The topological polar surface area (TPSA) is 48.1 Å². The van der Waals surface area contributed by atoms with Crippen molar-refractivity contribution in [3.8, 4) is 0 Å².